The quantitative estimate of drug-likeness (QED) is 0.875. The fourth-order valence-corrected chi connectivity index (χ4v) is 2.40. The molecule has 0 aliphatic heterocycles. The zero-order valence-corrected chi connectivity index (χ0v) is 12.4. The van der Waals surface area contributed by atoms with Crippen molar-refractivity contribution in [3.05, 3.63) is 59.4 Å². The largest absolute Gasteiger partial charge is 0.507 e. The number of methoxy groups -OCH3 is 1. The van der Waals surface area contributed by atoms with Gasteiger partial charge in [-0.3, -0.25) is 0 Å². The third kappa shape index (κ3) is 3.52. The highest BCUT2D eigenvalue weighted by molar-refractivity contribution is 5.41. The van der Waals surface area contributed by atoms with E-state index in [4.69, 9.17) is 4.74 Å². The van der Waals surface area contributed by atoms with Gasteiger partial charge >= 0.3 is 0 Å². The lowest BCUT2D eigenvalue weighted by molar-refractivity contribution is 0.401. The molecule has 0 bridgehead atoms. The first-order chi connectivity index (χ1) is 10.0. The SMILES string of the molecule is COc1ccc(C(C)NC(C)c2ccccc2F)c(O)c1. The Kier molecular flexibility index (Phi) is 4.81. The molecule has 0 radical (unpaired) electrons. The molecule has 2 aromatic rings. The second kappa shape index (κ2) is 6.59. The molecule has 4 heteroatoms. The molecule has 0 saturated heterocycles. The maximum absolute atomic E-state index is 13.8. The van der Waals surface area contributed by atoms with Crippen molar-refractivity contribution in [1.82, 2.24) is 5.32 Å². The molecule has 0 aliphatic rings. The van der Waals surface area contributed by atoms with Crippen LogP contribution in [0.5, 0.6) is 11.5 Å². The number of rotatable bonds is 5. The molecule has 2 N–H and O–H groups in total. The standard InChI is InChI=1S/C17H20FNO2/c1-11(14-6-4-5-7-16(14)18)19-12(2)15-9-8-13(21-3)10-17(15)20/h4-12,19-20H,1-3H3. The number of nitrogens with one attached hydrogen (secondary N) is 1. The van der Waals surface area contributed by atoms with E-state index in [2.05, 4.69) is 5.32 Å². The van der Waals surface area contributed by atoms with E-state index in [1.807, 2.05) is 19.9 Å². The maximum atomic E-state index is 13.8. The van der Waals surface area contributed by atoms with Gasteiger partial charge in [-0.15, -0.1) is 0 Å². The Hall–Kier alpha value is -2.07. The van der Waals surface area contributed by atoms with Crippen molar-refractivity contribution in [2.45, 2.75) is 25.9 Å². The van der Waals surface area contributed by atoms with Gasteiger partial charge in [0.25, 0.3) is 0 Å². The molecule has 2 aromatic carbocycles. The van der Waals surface area contributed by atoms with Crippen molar-refractivity contribution in [1.29, 1.82) is 0 Å². The third-order valence-electron chi connectivity index (χ3n) is 3.58. The minimum Gasteiger partial charge on any atom is -0.507 e. The molecule has 0 spiro atoms. The van der Waals surface area contributed by atoms with Crippen LogP contribution in [0.4, 0.5) is 4.39 Å². The summed E-state index contributed by atoms with van der Waals surface area (Å²) in [5.41, 5.74) is 1.36. The number of phenolic OH excluding ortho intramolecular Hbond substituents is 1. The Morgan fingerprint density at radius 3 is 2.33 bits per heavy atom. The van der Waals surface area contributed by atoms with Gasteiger partial charge in [0.05, 0.1) is 7.11 Å². The summed E-state index contributed by atoms with van der Waals surface area (Å²) in [5, 5.41) is 13.3. The molecular formula is C17H20FNO2. The molecule has 0 saturated carbocycles. The lowest BCUT2D eigenvalue weighted by atomic mass is 10.0. The predicted molar refractivity (Wildman–Crippen MR) is 81.0 cm³/mol. The van der Waals surface area contributed by atoms with Crippen LogP contribution in [0.2, 0.25) is 0 Å². The van der Waals surface area contributed by atoms with Crippen LogP contribution < -0.4 is 10.1 Å². The zero-order valence-electron chi connectivity index (χ0n) is 12.4. The number of benzene rings is 2. The van der Waals surface area contributed by atoms with E-state index < -0.39 is 0 Å². The number of aromatic hydroxyl groups is 1. The number of hydrogen-bond donors (Lipinski definition) is 2. The van der Waals surface area contributed by atoms with Crippen molar-refractivity contribution in [2.24, 2.45) is 0 Å². The number of ether oxygens (including phenoxy) is 1. The minimum atomic E-state index is -0.233. The highest BCUT2D eigenvalue weighted by Gasteiger charge is 2.16. The van der Waals surface area contributed by atoms with Crippen molar-refractivity contribution in [3.8, 4) is 11.5 Å². The first-order valence-electron chi connectivity index (χ1n) is 6.90. The highest BCUT2D eigenvalue weighted by atomic mass is 19.1. The summed E-state index contributed by atoms with van der Waals surface area (Å²) in [6, 6.07) is 11.6. The lowest BCUT2D eigenvalue weighted by Gasteiger charge is -2.22. The monoisotopic (exact) mass is 289 g/mol. The lowest BCUT2D eigenvalue weighted by Crippen LogP contribution is -2.23. The van der Waals surface area contributed by atoms with Gasteiger partial charge in [0, 0.05) is 29.3 Å². The zero-order chi connectivity index (χ0) is 15.4. The van der Waals surface area contributed by atoms with E-state index in [1.165, 1.54) is 6.07 Å². The first-order valence-corrected chi connectivity index (χ1v) is 6.90. The summed E-state index contributed by atoms with van der Waals surface area (Å²) in [5.74, 6) is 0.532. The molecular weight excluding hydrogens is 269 g/mol. The number of hydrogen-bond acceptors (Lipinski definition) is 3. The average Bonchev–Trinajstić information content (AvgIpc) is 2.47. The Labute approximate surface area is 124 Å². The molecule has 0 fully saturated rings. The summed E-state index contributed by atoms with van der Waals surface area (Å²) in [4.78, 5) is 0. The van der Waals surface area contributed by atoms with Crippen LogP contribution in [0.25, 0.3) is 0 Å². The molecule has 112 valence electrons. The Bertz CT molecular complexity index is 615. The summed E-state index contributed by atoms with van der Waals surface area (Å²) < 4.78 is 18.8. The van der Waals surface area contributed by atoms with Gasteiger partial charge in [-0.2, -0.15) is 0 Å². The van der Waals surface area contributed by atoms with Crippen molar-refractivity contribution in [3.63, 3.8) is 0 Å². The first kappa shape index (κ1) is 15.3. The molecule has 0 aromatic heterocycles. The van der Waals surface area contributed by atoms with Crippen LogP contribution in [0.15, 0.2) is 42.5 Å². The van der Waals surface area contributed by atoms with Crippen LogP contribution in [-0.4, -0.2) is 12.2 Å². The van der Waals surface area contributed by atoms with Crippen molar-refractivity contribution >= 4 is 0 Å². The smallest absolute Gasteiger partial charge is 0.127 e. The molecule has 21 heavy (non-hydrogen) atoms. The fraction of sp³-hybridized carbons (Fsp3) is 0.294. The number of halogens is 1. The highest BCUT2D eigenvalue weighted by Crippen LogP contribution is 2.30. The average molecular weight is 289 g/mol. The molecule has 2 rings (SSSR count). The Morgan fingerprint density at radius 2 is 1.71 bits per heavy atom. The van der Waals surface area contributed by atoms with E-state index in [-0.39, 0.29) is 23.7 Å². The van der Waals surface area contributed by atoms with Gasteiger partial charge in [0.15, 0.2) is 0 Å². The van der Waals surface area contributed by atoms with Crippen LogP contribution in [0.3, 0.4) is 0 Å². The van der Waals surface area contributed by atoms with Crippen LogP contribution in [0.1, 0.15) is 37.1 Å². The molecule has 0 aliphatic carbocycles. The van der Waals surface area contributed by atoms with Gasteiger partial charge in [-0.25, -0.2) is 4.39 Å². The van der Waals surface area contributed by atoms with Crippen molar-refractivity contribution in [2.75, 3.05) is 7.11 Å². The van der Waals surface area contributed by atoms with Crippen LogP contribution >= 0.6 is 0 Å². The summed E-state index contributed by atoms with van der Waals surface area (Å²) in [6.45, 7) is 3.83. The normalized spacial score (nSPS) is 13.7. The van der Waals surface area contributed by atoms with E-state index >= 15 is 0 Å². The van der Waals surface area contributed by atoms with Gasteiger partial charge in [-0.1, -0.05) is 24.3 Å². The van der Waals surface area contributed by atoms with Crippen LogP contribution in [0, 0.1) is 5.82 Å². The van der Waals surface area contributed by atoms with Gasteiger partial charge < -0.3 is 15.2 Å². The van der Waals surface area contributed by atoms with Gasteiger partial charge in [-0.05, 0) is 26.0 Å². The second-order valence-electron chi connectivity index (χ2n) is 5.06. The number of phenols is 1. The van der Waals surface area contributed by atoms with Gasteiger partial charge in [0.2, 0.25) is 0 Å². The predicted octanol–water partition coefficient (Wildman–Crippen LogP) is 3.95. The molecule has 2 unspecified atom stereocenters. The molecule has 0 heterocycles. The van der Waals surface area contributed by atoms with E-state index in [0.29, 0.717) is 11.3 Å². The van der Waals surface area contributed by atoms with E-state index in [1.54, 1.807) is 37.4 Å². The van der Waals surface area contributed by atoms with Gasteiger partial charge in [0.1, 0.15) is 17.3 Å². The maximum Gasteiger partial charge on any atom is 0.127 e. The third-order valence-corrected chi connectivity index (χ3v) is 3.58. The minimum absolute atomic E-state index is 0.120. The van der Waals surface area contributed by atoms with Crippen molar-refractivity contribution < 1.29 is 14.2 Å². The van der Waals surface area contributed by atoms with Crippen LogP contribution in [-0.2, 0) is 0 Å². The van der Waals surface area contributed by atoms with E-state index in [9.17, 15) is 9.50 Å². The summed E-state index contributed by atoms with van der Waals surface area (Å²) in [6.07, 6.45) is 0. The Morgan fingerprint density at radius 1 is 1.05 bits per heavy atom. The summed E-state index contributed by atoms with van der Waals surface area (Å²) >= 11 is 0. The molecule has 3 nitrogen and oxygen atoms in total. The summed E-state index contributed by atoms with van der Waals surface area (Å²) in [7, 11) is 1.55. The molecule has 2 atom stereocenters. The molecule has 0 amide bonds. The second-order valence-corrected chi connectivity index (χ2v) is 5.06. The fourth-order valence-electron chi connectivity index (χ4n) is 2.40. The van der Waals surface area contributed by atoms with E-state index in [0.717, 1.165) is 5.56 Å². The Balaban J connectivity index is 2.14. The topological polar surface area (TPSA) is 41.5 Å².